The molecule has 0 bridgehead atoms. The number of hydrogen-bond donors (Lipinski definition) is 1. The lowest BCUT2D eigenvalue weighted by Crippen LogP contribution is -2.52. The Morgan fingerprint density at radius 3 is 2.70 bits per heavy atom. The molecular weight excluding hydrogens is 396 g/mol. The lowest BCUT2D eigenvalue weighted by atomic mass is 9.76. The van der Waals surface area contributed by atoms with Gasteiger partial charge in [-0.1, -0.05) is 18.2 Å². The van der Waals surface area contributed by atoms with Crippen LogP contribution in [0.3, 0.4) is 0 Å². The van der Waals surface area contributed by atoms with Crippen molar-refractivity contribution in [2.45, 2.75) is 62.5 Å². The van der Waals surface area contributed by atoms with E-state index < -0.39 is 0 Å². The first kappa shape index (κ1) is 19.6. The van der Waals surface area contributed by atoms with E-state index in [1.165, 1.54) is 0 Å². The summed E-state index contributed by atoms with van der Waals surface area (Å²) in [6.45, 7) is 1.43. The number of hydrogen-bond acceptors (Lipinski definition) is 4. The molecule has 1 atom stereocenters. The average molecular weight is 425 g/mol. The molecule has 5 nitrogen and oxygen atoms in total. The maximum Gasteiger partial charge on any atom is 0.227 e. The van der Waals surface area contributed by atoms with Gasteiger partial charge in [-0.25, -0.2) is 0 Å². The van der Waals surface area contributed by atoms with Crippen LogP contribution in [0.1, 0.15) is 55.6 Å². The molecule has 2 fully saturated rings. The number of ether oxygens (including phenoxy) is 1. The van der Waals surface area contributed by atoms with Crippen molar-refractivity contribution in [1.82, 2.24) is 10.2 Å². The predicted molar refractivity (Wildman–Crippen MR) is 117 cm³/mol. The number of thiophene rings is 1. The van der Waals surface area contributed by atoms with Crippen molar-refractivity contribution in [3.63, 3.8) is 0 Å². The molecular formula is C24H28N2O3S. The summed E-state index contributed by atoms with van der Waals surface area (Å²) >= 11 is 1.63. The summed E-state index contributed by atoms with van der Waals surface area (Å²) in [6, 6.07) is 10.6. The highest BCUT2D eigenvalue weighted by atomic mass is 32.1. The van der Waals surface area contributed by atoms with Gasteiger partial charge in [-0.3, -0.25) is 9.59 Å². The lowest BCUT2D eigenvalue weighted by Gasteiger charge is -2.47. The number of rotatable bonds is 5. The second kappa shape index (κ2) is 8.06. The molecule has 1 aliphatic carbocycles. The van der Waals surface area contributed by atoms with Crippen molar-refractivity contribution in [3.05, 3.63) is 52.2 Å². The van der Waals surface area contributed by atoms with Crippen molar-refractivity contribution in [2.24, 2.45) is 0 Å². The Balaban J connectivity index is 1.26. The van der Waals surface area contributed by atoms with Gasteiger partial charge in [-0.2, -0.15) is 11.3 Å². The molecule has 2 aromatic rings. The SMILES string of the molecule is O=C(CC1CC2(CCN(C(=O)Cc3ccsc3)CC2)Oc2ccccc21)NC1CC1. The second-order valence-corrected chi connectivity index (χ2v) is 9.74. The first-order chi connectivity index (χ1) is 14.6. The minimum atomic E-state index is -0.280. The zero-order valence-corrected chi connectivity index (χ0v) is 18.0. The molecule has 30 heavy (non-hydrogen) atoms. The number of nitrogens with one attached hydrogen (secondary N) is 1. The van der Waals surface area contributed by atoms with E-state index in [0.29, 0.717) is 32.0 Å². The smallest absolute Gasteiger partial charge is 0.227 e. The number of likely N-dealkylation sites (tertiary alicyclic amines) is 1. The molecule has 6 heteroatoms. The molecule has 1 unspecified atom stereocenters. The third-order valence-corrected chi connectivity index (χ3v) is 7.37. The fourth-order valence-corrected chi connectivity index (χ4v) is 5.48. The summed E-state index contributed by atoms with van der Waals surface area (Å²) in [5.41, 5.74) is 1.96. The molecule has 2 amide bonds. The van der Waals surface area contributed by atoms with Crippen molar-refractivity contribution in [3.8, 4) is 5.75 Å². The van der Waals surface area contributed by atoms with Gasteiger partial charge in [-0.15, -0.1) is 0 Å². The zero-order chi connectivity index (χ0) is 20.6. The van der Waals surface area contributed by atoms with E-state index in [9.17, 15) is 9.59 Å². The van der Waals surface area contributed by atoms with Crippen LogP contribution in [-0.2, 0) is 16.0 Å². The molecule has 3 aliphatic rings. The Labute approximate surface area is 181 Å². The fourth-order valence-electron chi connectivity index (χ4n) is 4.81. The van der Waals surface area contributed by atoms with Gasteiger partial charge in [0, 0.05) is 44.3 Å². The molecule has 1 saturated heterocycles. The van der Waals surface area contributed by atoms with Crippen LogP contribution in [0, 0.1) is 0 Å². The minimum Gasteiger partial charge on any atom is -0.487 e. The molecule has 2 aliphatic heterocycles. The quantitative estimate of drug-likeness (QED) is 0.792. The van der Waals surface area contributed by atoms with Gasteiger partial charge < -0.3 is 15.0 Å². The Morgan fingerprint density at radius 2 is 1.97 bits per heavy atom. The molecule has 5 rings (SSSR count). The Hall–Kier alpha value is -2.34. The van der Waals surface area contributed by atoms with Crippen LogP contribution >= 0.6 is 11.3 Å². The highest BCUT2D eigenvalue weighted by Gasteiger charge is 2.44. The first-order valence-electron chi connectivity index (χ1n) is 11.0. The van der Waals surface area contributed by atoms with Crippen LogP contribution in [-0.4, -0.2) is 41.4 Å². The van der Waals surface area contributed by atoms with Crippen molar-refractivity contribution in [1.29, 1.82) is 0 Å². The topological polar surface area (TPSA) is 58.6 Å². The van der Waals surface area contributed by atoms with Crippen LogP contribution in [0.25, 0.3) is 0 Å². The van der Waals surface area contributed by atoms with Gasteiger partial charge >= 0.3 is 0 Å². The minimum absolute atomic E-state index is 0.151. The third-order valence-electron chi connectivity index (χ3n) is 6.64. The summed E-state index contributed by atoms with van der Waals surface area (Å²) in [5, 5.41) is 7.19. The van der Waals surface area contributed by atoms with E-state index in [0.717, 1.165) is 49.0 Å². The third kappa shape index (κ3) is 4.24. The molecule has 1 aromatic carbocycles. The number of fused-ring (bicyclic) bond motifs is 1. The van der Waals surface area contributed by atoms with Gasteiger partial charge in [-0.05, 0) is 53.3 Å². The molecule has 1 aromatic heterocycles. The van der Waals surface area contributed by atoms with Crippen LogP contribution in [0.2, 0.25) is 0 Å². The van der Waals surface area contributed by atoms with Crippen LogP contribution in [0.15, 0.2) is 41.1 Å². The Bertz CT molecular complexity index is 914. The average Bonchev–Trinajstić information content (AvgIpc) is 3.40. The summed E-state index contributed by atoms with van der Waals surface area (Å²) in [4.78, 5) is 27.2. The van der Waals surface area contributed by atoms with Crippen LogP contribution in [0.5, 0.6) is 5.75 Å². The number of para-hydroxylation sites is 1. The standard InChI is InChI=1S/C24H28N2O3S/c27-22(25-19-5-6-19)14-18-15-24(29-21-4-2-1-3-20(18)21)8-10-26(11-9-24)23(28)13-17-7-12-30-16-17/h1-4,7,12,16,18-19H,5-6,8-11,13-15H2,(H,25,27). The van der Waals surface area contributed by atoms with Crippen molar-refractivity contribution in [2.75, 3.05) is 13.1 Å². The van der Waals surface area contributed by atoms with E-state index in [4.69, 9.17) is 4.74 Å². The van der Waals surface area contributed by atoms with E-state index in [1.54, 1.807) is 11.3 Å². The van der Waals surface area contributed by atoms with Crippen molar-refractivity contribution < 1.29 is 14.3 Å². The van der Waals surface area contributed by atoms with Crippen LogP contribution < -0.4 is 10.1 Å². The molecule has 1 saturated carbocycles. The summed E-state index contributed by atoms with van der Waals surface area (Å²) in [6.07, 6.45) is 5.68. The zero-order valence-electron chi connectivity index (χ0n) is 17.1. The van der Waals surface area contributed by atoms with Gasteiger partial charge in [0.05, 0.1) is 6.42 Å². The maximum absolute atomic E-state index is 12.7. The van der Waals surface area contributed by atoms with Gasteiger partial charge in [0.25, 0.3) is 0 Å². The second-order valence-electron chi connectivity index (χ2n) is 8.96. The molecule has 0 radical (unpaired) electrons. The monoisotopic (exact) mass is 424 g/mol. The van der Waals surface area contributed by atoms with E-state index in [-0.39, 0.29) is 23.3 Å². The number of piperidine rings is 1. The van der Waals surface area contributed by atoms with E-state index in [1.807, 2.05) is 39.9 Å². The van der Waals surface area contributed by atoms with Gasteiger partial charge in [0.15, 0.2) is 0 Å². The highest BCUT2D eigenvalue weighted by molar-refractivity contribution is 7.08. The van der Waals surface area contributed by atoms with Gasteiger partial charge in [0.2, 0.25) is 11.8 Å². The normalized spacial score (nSPS) is 22.3. The summed E-state index contributed by atoms with van der Waals surface area (Å²) in [7, 11) is 0. The number of nitrogens with zero attached hydrogens (tertiary/aromatic N) is 1. The lowest BCUT2D eigenvalue weighted by molar-refractivity contribution is -0.134. The molecule has 158 valence electrons. The van der Waals surface area contributed by atoms with Crippen molar-refractivity contribution >= 4 is 23.2 Å². The Kier molecular flexibility index (Phi) is 5.27. The largest absolute Gasteiger partial charge is 0.487 e. The molecule has 1 N–H and O–H groups in total. The predicted octanol–water partition coefficient (Wildman–Crippen LogP) is 3.89. The number of amides is 2. The first-order valence-corrected chi connectivity index (χ1v) is 11.9. The number of carbonyl (C=O) groups is 2. The Morgan fingerprint density at radius 1 is 1.17 bits per heavy atom. The molecule has 1 spiro atoms. The fraction of sp³-hybridized carbons (Fsp3) is 0.500. The van der Waals surface area contributed by atoms with E-state index in [2.05, 4.69) is 11.4 Å². The number of benzene rings is 1. The summed E-state index contributed by atoms with van der Waals surface area (Å²) in [5.74, 6) is 1.42. The maximum atomic E-state index is 12.7. The highest BCUT2D eigenvalue weighted by Crippen LogP contribution is 2.46. The molecule has 3 heterocycles. The van der Waals surface area contributed by atoms with E-state index >= 15 is 0 Å². The number of carbonyl (C=O) groups excluding carboxylic acids is 2. The summed E-state index contributed by atoms with van der Waals surface area (Å²) < 4.78 is 6.53. The van der Waals surface area contributed by atoms with Gasteiger partial charge in [0.1, 0.15) is 11.4 Å². The van der Waals surface area contributed by atoms with Crippen LogP contribution in [0.4, 0.5) is 0 Å².